The van der Waals surface area contributed by atoms with Crippen molar-refractivity contribution in [2.24, 2.45) is 0 Å². The molecule has 0 aliphatic heterocycles. The third kappa shape index (κ3) is 3.62. The van der Waals surface area contributed by atoms with Crippen LogP contribution in [0.3, 0.4) is 0 Å². The van der Waals surface area contributed by atoms with Gasteiger partial charge in [0.15, 0.2) is 10.8 Å². The van der Waals surface area contributed by atoms with Crippen molar-refractivity contribution >= 4 is 22.4 Å². The van der Waals surface area contributed by atoms with Gasteiger partial charge in [-0.1, -0.05) is 25.2 Å². The molecule has 0 spiro atoms. The quantitative estimate of drug-likeness (QED) is 0.877. The van der Waals surface area contributed by atoms with Crippen molar-refractivity contribution < 1.29 is 9.21 Å². The van der Waals surface area contributed by atoms with E-state index < -0.39 is 0 Å². The first-order chi connectivity index (χ1) is 9.22. The van der Waals surface area contributed by atoms with Crippen LogP contribution in [0.5, 0.6) is 0 Å². The summed E-state index contributed by atoms with van der Waals surface area (Å²) in [5.74, 6) is 0.576. The first-order valence-electron chi connectivity index (χ1n) is 6.12. The fourth-order valence-electron chi connectivity index (χ4n) is 1.58. The maximum Gasteiger partial charge on any atom is 0.240 e. The fraction of sp³-hybridized carbons (Fsp3) is 0.417. The number of hydrogen-bond donors (Lipinski definition) is 1. The Kier molecular flexibility index (Phi) is 4.64. The zero-order chi connectivity index (χ0) is 13.7. The summed E-state index contributed by atoms with van der Waals surface area (Å²) >= 11 is 1.29. The Bertz CT molecular complexity index is 520. The molecule has 0 atom stereocenters. The van der Waals surface area contributed by atoms with Crippen molar-refractivity contribution in [1.82, 2.24) is 15.1 Å². The van der Waals surface area contributed by atoms with Gasteiger partial charge in [0.2, 0.25) is 11.0 Å². The standard InChI is InChI=1S/C12H16N4O2S/c1-3-16(4-2)8-10(17)13-12-15-14-11(19-12)9-6-5-7-18-9/h5-7H,3-4,8H2,1-2H3,(H,13,15,17). The monoisotopic (exact) mass is 280 g/mol. The van der Waals surface area contributed by atoms with Crippen molar-refractivity contribution in [2.45, 2.75) is 13.8 Å². The second kappa shape index (κ2) is 6.44. The van der Waals surface area contributed by atoms with Crippen molar-refractivity contribution in [3.8, 4) is 10.8 Å². The number of likely N-dealkylation sites (N-methyl/N-ethyl adjacent to an activating group) is 1. The number of anilines is 1. The zero-order valence-electron chi connectivity index (χ0n) is 10.9. The molecule has 0 saturated heterocycles. The van der Waals surface area contributed by atoms with Crippen molar-refractivity contribution in [1.29, 1.82) is 0 Å². The largest absolute Gasteiger partial charge is 0.462 e. The number of aromatic nitrogens is 2. The van der Waals surface area contributed by atoms with E-state index in [1.165, 1.54) is 11.3 Å². The predicted octanol–water partition coefficient (Wildman–Crippen LogP) is 2.08. The van der Waals surface area contributed by atoms with Crippen LogP contribution in [0.25, 0.3) is 10.8 Å². The van der Waals surface area contributed by atoms with E-state index in [0.717, 1.165) is 13.1 Å². The lowest BCUT2D eigenvalue weighted by Gasteiger charge is -2.16. The molecule has 0 unspecified atom stereocenters. The summed E-state index contributed by atoms with van der Waals surface area (Å²) in [7, 11) is 0. The van der Waals surface area contributed by atoms with E-state index in [1.54, 1.807) is 12.3 Å². The summed E-state index contributed by atoms with van der Waals surface area (Å²) in [5.41, 5.74) is 0. The number of rotatable bonds is 6. The second-order valence-electron chi connectivity index (χ2n) is 3.90. The van der Waals surface area contributed by atoms with Gasteiger partial charge in [0.25, 0.3) is 0 Å². The van der Waals surface area contributed by atoms with E-state index >= 15 is 0 Å². The molecule has 0 fully saturated rings. The zero-order valence-corrected chi connectivity index (χ0v) is 11.7. The van der Waals surface area contributed by atoms with E-state index in [2.05, 4.69) is 15.5 Å². The maximum atomic E-state index is 11.8. The van der Waals surface area contributed by atoms with Crippen molar-refractivity contribution in [3.63, 3.8) is 0 Å². The fourth-order valence-corrected chi connectivity index (χ4v) is 2.31. The van der Waals surface area contributed by atoms with Gasteiger partial charge in [-0.2, -0.15) is 0 Å². The highest BCUT2D eigenvalue weighted by atomic mass is 32.1. The number of furan rings is 1. The highest BCUT2D eigenvalue weighted by molar-refractivity contribution is 7.18. The number of carbonyl (C=O) groups is 1. The van der Waals surface area contributed by atoms with Crippen molar-refractivity contribution in [3.05, 3.63) is 18.4 Å². The lowest BCUT2D eigenvalue weighted by Crippen LogP contribution is -2.32. The third-order valence-electron chi connectivity index (χ3n) is 2.66. The van der Waals surface area contributed by atoms with Crippen LogP contribution in [0.2, 0.25) is 0 Å². The maximum absolute atomic E-state index is 11.8. The van der Waals surface area contributed by atoms with E-state index in [1.807, 2.05) is 24.8 Å². The van der Waals surface area contributed by atoms with Crippen LogP contribution >= 0.6 is 11.3 Å². The topological polar surface area (TPSA) is 71.3 Å². The van der Waals surface area contributed by atoms with E-state index in [0.29, 0.717) is 22.4 Å². The van der Waals surface area contributed by atoms with Crippen LogP contribution in [-0.2, 0) is 4.79 Å². The average Bonchev–Trinajstić information content (AvgIpc) is 3.06. The first kappa shape index (κ1) is 13.7. The number of amides is 1. The van der Waals surface area contributed by atoms with E-state index in [-0.39, 0.29) is 5.91 Å². The van der Waals surface area contributed by atoms with Gasteiger partial charge >= 0.3 is 0 Å². The van der Waals surface area contributed by atoms with Gasteiger partial charge in [-0.15, -0.1) is 10.2 Å². The third-order valence-corrected chi connectivity index (χ3v) is 3.52. The average molecular weight is 280 g/mol. The molecule has 0 saturated carbocycles. The van der Waals surface area contributed by atoms with Crippen LogP contribution in [0.15, 0.2) is 22.8 Å². The molecule has 0 radical (unpaired) electrons. The Labute approximate surface area is 115 Å². The minimum atomic E-state index is -0.0779. The molecule has 0 bridgehead atoms. The van der Waals surface area contributed by atoms with Crippen LogP contribution in [0.4, 0.5) is 5.13 Å². The van der Waals surface area contributed by atoms with E-state index in [4.69, 9.17) is 4.42 Å². The van der Waals surface area contributed by atoms with E-state index in [9.17, 15) is 4.79 Å². The van der Waals surface area contributed by atoms with Gasteiger partial charge < -0.3 is 4.42 Å². The summed E-state index contributed by atoms with van der Waals surface area (Å²) in [5, 5.41) is 11.8. The first-order valence-corrected chi connectivity index (χ1v) is 6.94. The molecule has 0 aromatic carbocycles. The highest BCUT2D eigenvalue weighted by Crippen LogP contribution is 2.26. The number of nitrogens with one attached hydrogen (secondary N) is 1. The summed E-state index contributed by atoms with van der Waals surface area (Å²) in [6.07, 6.45) is 1.58. The molecule has 2 aromatic heterocycles. The van der Waals surface area contributed by atoms with Gasteiger partial charge in [0.1, 0.15) is 0 Å². The lowest BCUT2D eigenvalue weighted by molar-refractivity contribution is -0.117. The van der Waals surface area contributed by atoms with Gasteiger partial charge in [-0.25, -0.2) is 0 Å². The van der Waals surface area contributed by atoms with Crippen LogP contribution in [-0.4, -0.2) is 40.6 Å². The molecule has 6 nitrogen and oxygen atoms in total. The molecule has 2 heterocycles. The molecule has 7 heteroatoms. The Hall–Kier alpha value is -1.73. The molecular weight excluding hydrogens is 264 g/mol. The Morgan fingerprint density at radius 2 is 2.21 bits per heavy atom. The van der Waals surface area contributed by atoms with Gasteiger partial charge in [-0.3, -0.25) is 15.0 Å². The minimum Gasteiger partial charge on any atom is -0.462 e. The molecule has 0 aliphatic rings. The Balaban J connectivity index is 1.95. The van der Waals surface area contributed by atoms with Gasteiger partial charge in [0.05, 0.1) is 12.8 Å². The summed E-state index contributed by atoms with van der Waals surface area (Å²) in [4.78, 5) is 13.8. The second-order valence-corrected chi connectivity index (χ2v) is 4.88. The molecule has 2 rings (SSSR count). The normalized spacial score (nSPS) is 10.9. The number of carbonyl (C=O) groups excluding carboxylic acids is 1. The molecule has 1 N–H and O–H groups in total. The van der Waals surface area contributed by atoms with Crippen molar-refractivity contribution in [2.75, 3.05) is 25.0 Å². The number of nitrogens with zero attached hydrogens (tertiary/aromatic N) is 3. The molecular formula is C12H16N4O2S. The Morgan fingerprint density at radius 3 is 2.84 bits per heavy atom. The SMILES string of the molecule is CCN(CC)CC(=O)Nc1nnc(-c2ccco2)s1. The molecule has 1 amide bonds. The predicted molar refractivity (Wildman–Crippen MR) is 74.0 cm³/mol. The van der Waals surface area contributed by atoms with Gasteiger partial charge in [-0.05, 0) is 25.2 Å². The van der Waals surface area contributed by atoms with Crippen LogP contribution in [0.1, 0.15) is 13.8 Å². The lowest BCUT2D eigenvalue weighted by atomic mass is 10.4. The van der Waals surface area contributed by atoms with Crippen LogP contribution in [0, 0.1) is 0 Å². The minimum absolute atomic E-state index is 0.0779. The summed E-state index contributed by atoms with van der Waals surface area (Å²) < 4.78 is 5.22. The smallest absolute Gasteiger partial charge is 0.240 e. The summed E-state index contributed by atoms with van der Waals surface area (Å²) in [6.45, 7) is 6.10. The molecule has 2 aromatic rings. The van der Waals surface area contributed by atoms with Crippen LogP contribution < -0.4 is 5.32 Å². The Morgan fingerprint density at radius 1 is 1.42 bits per heavy atom. The van der Waals surface area contributed by atoms with Gasteiger partial charge in [0, 0.05) is 0 Å². The molecule has 102 valence electrons. The highest BCUT2D eigenvalue weighted by Gasteiger charge is 2.12. The molecule has 19 heavy (non-hydrogen) atoms. The molecule has 0 aliphatic carbocycles. The summed E-state index contributed by atoms with van der Waals surface area (Å²) in [6, 6.07) is 3.59. The number of hydrogen-bond acceptors (Lipinski definition) is 6.